The third-order valence-corrected chi connectivity index (χ3v) is 3.04. The predicted octanol–water partition coefficient (Wildman–Crippen LogP) is 2.21. The summed E-state index contributed by atoms with van der Waals surface area (Å²) in [6.07, 6.45) is 6.83. The second-order valence-electron chi connectivity index (χ2n) is 2.98. The lowest BCUT2D eigenvalue weighted by Gasteiger charge is -2.16. The molecular formula is C11H13IN2. The number of hydrogen-bond donors (Lipinski definition) is 2. The van der Waals surface area contributed by atoms with Crippen LogP contribution < -0.4 is 11.3 Å². The van der Waals surface area contributed by atoms with Crippen LogP contribution in [0.5, 0.6) is 0 Å². The number of hydrogen-bond acceptors (Lipinski definition) is 2. The minimum Gasteiger partial charge on any atom is -0.271 e. The Bertz CT molecular complexity index is 330. The number of rotatable bonds is 4. The standard InChI is InChI=1S/C11H13IN2/c1-2-3-8-11(14-13)9-6-4-5-7-10(9)12/h1,4-7,11,14H,3,8,13H2. The van der Waals surface area contributed by atoms with Crippen molar-refractivity contribution in [3.8, 4) is 12.3 Å². The first kappa shape index (κ1) is 11.5. The summed E-state index contributed by atoms with van der Waals surface area (Å²) in [7, 11) is 0. The van der Waals surface area contributed by atoms with Crippen LogP contribution in [0.15, 0.2) is 24.3 Å². The van der Waals surface area contributed by atoms with Gasteiger partial charge < -0.3 is 0 Å². The molecule has 0 aliphatic heterocycles. The molecule has 1 atom stereocenters. The molecule has 74 valence electrons. The van der Waals surface area contributed by atoms with Crippen LogP contribution in [0, 0.1) is 15.9 Å². The highest BCUT2D eigenvalue weighted by Gasteiger charge is 2.10. The van der Waals surface area contributed by atoms with Crippen LogP contribution in [-0.4, -0.2) is 0 Å². The molecule has 3 heteroatoms. The lowest BCUT2D eigenvalue weighted by Crippen LogP contribution is -2.28. The quantitative estimate of drug-likeness (QED) is 0.387. The largest absolute Gasteiger partial charge is 0.271 e. The summed E-state index contributed by atoms with van der Waals surface area (Å²) in [5.41, 5.74) is 4.01. The van der Waals surface area contributed by atoms with E-state index in [1.807, 2.05) is 12.1 Å². The maximum absolute atomic E-state index is 5.49. The van der Waals surface area contributed by atoms with Gasteiger partial charge in [0.2, 0.25) is 0 Å². The zero-order valence-electron chi connectivity index (χ0n) is 7.83. The number of terminal acetylenes is 1. The normalized spacial score (nSPS) is 12.1. The van der Waals surface area contributed by atoms with Gasteiger partial charge in [-0.15, -0.1) is 12.3 Å². The lowest BCUT2D eigenvalue weighted by molar-refractivity contribution is 0.522. The topological polar surface area (TPSA) is 38.0 Å². The number of hydrazine groups is 1. The Morgan fingerprint density at radius 2 is 2.21 bits per heavy atom. The second kappa shape index (κ2) is 6.02. The Labute approximate surface area is 98.4 Å². The second-order valence-corrected chi connectivity index (χ2v) is 4.15. The van der Waals surface area contributed by atoms with Crippen LogP contribution in [-0.2, 0) is 0 Å². The van der Waals surface area contributed by atoms with E-state index in [0.717, 1.165) is 12.8 Å². The zero-order valence-corrected chi connectivity index (χ0v) is 9.99. The van der Waals surface area contributed by atoms with Crippen LogP contribution in [0.2, 0.25) is 0 Å². The summed E-state index contributed by atoms with van der Waals surface area (Å²) >= 11 is 2.30. The Balaban J connectivity index is 2.79. The Morgan fingerprint density at radius 3 is 2.79 bits per heavy atom. The maximum atomic E-state index is 5.49. The van der Waals surface area contributed by atoms with Crippen LogP contribution in [0.25, 0.3) is 0 Å². The van der Waals surface area contributed by atoms with Gasteiger partial charge in [0.1, 0.15) is 0 Å². The fourth-order valence-corrected chi connectivity index (χ4v) is 2.08. The van der Waals surface area contributed by atoms with Gasteiger partial charge in [0.15, 0.2) is 0 Å². The average molecular weight is 300 g/mol. The maximum Gasteiger partial charge on any atom is 0.0479 e. The van der Waals surface area contributed by atoms with Gasteiger partial charge in [0.05, 0.1) is 0 Å². The highest BCUT2D eigenvalue weighted by molar-refractivity contribution is 14.1. The van der Waals surface area contributed by atoms with Crippen molar-refractivity contribution < 1.29 is 0 Å². The molecule has 0 spiro atoms. The Kier molecular flexibility index (Phi) is 4.94. The summed E-state index contributed by atoms with van der Waals surface area (Å²) in [6, 6.07) is 8.32. The molecule has 0 saturated heterocycles. The van der Waals surface area contributed by atoms with E-state index in [-0.39, 0.29) is 6.04 Å². The molecule has 1 aromatic rings. The molecular weight excluding hydrogens is 287 g/mol. The summed E-state index contributed by atoms with van der Waals surface area (Å²) in [5, 5.41) is 0. The van der Waals surface area contributed by atoms with E-state index in [9.17, 15) is 0 Å². The number of halogens is 1. The number of nitrogens with one attached hydrogen (secondary N) is 1. The van der Waals surface area contributed by atoms with Crippen LogP contribution in [0.1, 0.15) is 24.4 Å². The molecule has 0 aliphatic rings. The van der Waals surface area contributed by atoms with Crippen molar-refractivity contribution in [1.29, 1.82) is 0 Å². The van der Waals surface area contributed by atoms with E-state index >= 15 is 0 Å². The molecule has 1 aromatic carbocycles. The van der Waals surface area contributed by atoms with Gasteiger partial charge in [-0.1, -0.05) is 18.2 Å². The first-order valence-corrected chi connectivity index (χ1v) is 5.51. The van der Waals surface area contributed by atoms with Crippen molar-refractivity contribution >= 4 is 22.6 Å². The number of nitrogens with two attached hydrogens (primary N) is 1. The average Bonchev–Trinajstić information content (AvgIpc) is 2.21. The molecule has 2 nitrogen and oxygen atoms in total. The molecule has 3 N–H and O–H groups in total. The third kappa shape index (κ3) is 2.98. The minimum absolute atomic E-state index is 0.152. The summed E-state index contributed by atoms with van der Waals surface area (Å²) in [4.78, 5) is 0. The molecule has 0 radical (unpaired) electrons. The summed E-state index contributed by atoms with van der Waals surface area (Å²) in [5.74, 6) is 8.12. The van der Waals surface area contributed by atoms with E-state index in [2.05, 4.69) is 46.1 Å². The zero-order chi connectivity index (χ0) is 10.4. The highest BCUT2D eigenvalue weighted by Crippen LogP contribution is 2.22. The van der Waals surface area contributed by atoms with Crippen molar-refractivity contribution in [1.82, 2.24) is 5.43 Å². The molecule has 0 saturated carbocycles. The molecule has 0 aliphatic carbocycles. The first-order chi connectivity index (χ1) is 6.79. The van der Waals surface area contributed by atoms with E-state index in [1.165, 1.54) is 9.13 Å². The van der Waals surface area contributed by atoms with Crippen molar-refractivity contribution in [3.63, 3.8) is 0 Å². The molecule has 0 amide bonds. The summed E-state index contributed by atoms with van der Waals surface area (Å²) in [6.45, 7) is 0. The monoisotopic (exact) mass is 300 g/mol. The van der Waals surface area contributed by atoms with Crippen molar-refractivity contribution in [2.45, 2.75) is 18.9 Å². The number of benzene rings is 1. The molecule has 14 heavy (non-hydrogen) atoms. The van der Waals surface area contributed by atoms with Gasteiger partial charge in [-0.25, -0.2) is 0 Å². The van der Waals surface area contributed by atoms with Gasteiger partial charge in [-0.3, -0.25) is 11.3 Å². The molecule has 0 heterocycles. The van der Waals surface area contributed by atoms with Crippen LogP contribution in [0.4, 0.5) is 0 Å². The highest BCUT2D eigenvalue weighted by atomic mass is 127. The molecule has 1 rings (SSSR count). The van der Waals surface area contributed by atoms with Crippen LogP contribution >= 0.6 is 22.6 Å². The fraction of sp³-hybridized carbons (Fsp3) is 0.273. The van der Waals surface area contributed by atoms with Crippen molar-refractivity contribution in [2.24, 2.45) is 5.84 Å². The molecule has 0 fully saturated rings. The Hall–Kier alpha value is -0.570. The van der Waals surface area contributed by atoms with Crippen molar-refractivity contribution in [2.75, 3.05) is 0 Å². The molecule has 0 aromatic heterocycles. The van der Waals surface area contributed by atoms with Gasteiger partial charge >= 0.3 is 0 Å². The van der Waals surface area contributed by atoms with E-state index in [4.69, 9.17) is 12.3 Å². The molecule has 0 bridgehead atoms. The third-order valence-electron chi connectivity index (χ3n) is 2.06. The van der Waals surface area contributed by atoms with Gasteiger partial charge in [0.25, 0.3) is 0 Å². The van der Waals surface area contributed by atoms with Crippen molar-refractivity contribution in [3.05, 3.63) is 33.4 Å². The van der Waals surface area contributed by atoms with E-state index < -0.39 is 0 Å². The Morgan fingerprint density at radius 1 is 1.50 bits per heavy atom. The predicted molar refractivity (Wildman–Crippen MR) is 67.3 cm³/mol. The summed E-state index contributed by atoms with van der Waals surface area (Å²) < 4.78 is 1.21. The minimum atomic E-state index is 0.152. The first-order valence-electron chi connectivity index (χ1n) is 4.43. The fourth-order valence-electron chi connectivity index (χ4n) is 1.31. The van der Waals surface area contributed by atoms with Gasteiger partial charge in [0, 0.05) is 16.0 Å². The van der Waals surface area contributed by atoms with Crippen LogP contribution in [0.3, 0.4) is 0 Å². The van der Waals surface area contributed by atoms with Gasteiger partial charge in [-0.2, -0.15) is 0 Å². The SMILES string of the molecule is C#CCCC(NN)c1ccccc1I. The van der Waals surface area contributed by atoms with E-state index in [1.54, 1.807) is 0 Å². The smallest absolute Gasteiger partial charge is 0.0479 e. The van der Waals surface area contributed by atoms with E-state index in [0.29, 0.717) is 0 Å². The molecule has 1 unspecified atom stereocenters. The lowest BCUT2D eigenvalue weighted by atomic mass is 10.0. The van der Waals surface area contributed by atoms with Gasteiger partial charge in [-0.05, 0) is 40.6 Å².